The van der Waals surface area contributed by atoms with E-state index in [1.807, 2.05) is 32.3 Å². The van der Waals surface area contributed by atoms with E-state index in [1.165, 1.54) is 6.07 Å². The van der Waals surface area contributed by atoms with E-state index in [0.717, 1.165) is 38.3 Å². The number of thiophene rings is 1. The molecule has 184 valence electrons. The zero-order chi connectivity index (χ0) is 25.5. The normalized spacial score (nSPS) is 11.6. The predicted molar refractivity (Wildman–Crippen MR) is 140 cm³/mol. The summed E-state index contributed by atoms with van der Waals surface area (Å²) >= 11 is 1.07. The summed E-state index contributed by atoms with van der Waals surface area (Å²) < 4.78 is 13.7. The fourth-order valence-electron chi connectivity index (χ4n) is 4.09. The Bertz CT molecular complexity index is 1770. The second-order valence-electron chi connectivity index (χ2n) is 8.69. The largest absolute Gasteiger partial charge is 0.335 e. The Balaban J connectivity index is 1.38. The van der Waals surface area contributed by atoms with Crippen LogP contribution in [0.5, 0.6) is 0 Å². The molecule has 0 saturated heterocycles. The molecule has 0 fully saturated rings. The second kappa shape index (κ2) is 9.15. The Kier molecular flexibility index (Phi) is 5.66. The number of amides is 1. The van der Waals surface area contributed by atoms with Crippen molar-refractivity contribution in [1.29, 1.82) is 0 Å². The van der Waals surface area contributed by atoms with Crippen LogP contribution in [0.4, 0.5) is 10.1 Å². The van der Waals surface area contributed by atoms with E-state index in [2.05, 4.69) is 40.4 Å². The van der Waals surface area contributed by atoms with Crippen molar-refractivity contribution in [2.45, 2.75) is 0 Å². The molecule has 0 atom stereocenters. The van der Waals surface area contributed by atoms with Crippen molar-refractivity contribution in [3.63, 3.8) is 0 Å². The number of hydrogen-bond acceptors (Lipinski definition) is 8. The van der Waals surface area contributed by atoms with Crippen LogP contribution in [0.3, 0.4) is 0 Å². The number of aromatic nitrogens is 7. The van der Waals surface area contributed by atoms with E-state index in [4.69, 9.17) is 0 Å². The minimum atomic E-state index is -0.256. The van der Waals surface area contributed by atoms with Crippen LogP contribution in [0.1, 0.15) is 0 Å². The van der Waals surface area contributed by atoms with E-state index in [0.29, 0.717) is 34.0 Å². The number of nitrogens with zero attached hydrogens (tertiary/aromatic N) is 6. The molecule has 0 bridgehead atoms. The number of fused-ring (bicyclic) bond motifs is 2. The van der Waals surface area contributed by atoms with Crippen molar-refractivity contribution < 1.29 is 9.18 Å². The van der Waals surface area contributed by atoms with Gasteiger partial charge in [-0.15, -0.1) is 11.3 Å². The van der Waals surface area contributed by atoms with Crippen LogP contribution < -0.4 is 5.32 Å². The van der Waals surface area contributed by atoms with Gasteiger partial charge >= 0.3 is 0 Å². The van der Waals surface area contributed by atoms with Crippen LogP contribution in [0.2, 0.25) is 0 Å². The number of H-pyrrole nitrogens is 2. The Labute approximate surface area is 213 Å². The van der Waals surface area contributed by atoms with Crippen molar-refractivity contribution >= 4 is 45.1 Å². The Morgan fingerprint density at radius 1 is 1.08 bits per heavy atom. The van der Waals surface area contributed by atoms with Crippen LogP contribution in [-0.2, 0) is 4.79 Å². The molecule has 0 spiro atoms. The van der Waals surface area contributed by atoms with E-state index in [1.54, 1.807) is 35.8 Å². The first kappa shape index (κ1) is 22.9. The van der Waals surface area contributed by atoms with Crippen LogP contribution >= 0.6 is 11.3 Å². The number of pyridine rings is 3. The van der Waals surface area contributed by atoms with Crippen molar-refractivity contribution in [2.24, 2.45) is 0 Å². The number of anilines is 1. The summed E-state index contributed by atoms with van der Waals surface area (Å²) in [7, 11) is 3.66. The molecule has 37 heavy (non-hydrogen) atoms. The van der Waals surface area contributed by atoms with Gasteiger partial charge in [0, 0.05) is 40.2 Å². The van der Waals surface area contributed by atoms with E-state index in [9.17, 15) is 9.18 Å². The van der Waals surface area contributed by atoms with Crippen LogP contribution in [0, 0.1) is 5.13 Å². The van der Waals surface area contributed by atoms with E-state index in [-0.39, 0.29) is 17.6 Å². The number of rotatable bonds is 6. The van der Waals surface area contributed by atoms with Crippen molar-refractivity contribution in [3.8, 4) is 33.1 Å². The lowest BCUT2D eigenvalue weighted by Gasteiger charge is -2.10. The fraction of sp³-hybridized carbons (Fsp3) is 0.120. The zero-order valence-electron chi connectivity index (χ0n) is 19.8. The molecule has 0 aliphatic rings. The molecule has 10 nitrogen and oxygen atoms in total. The number of carbonyl (C=O) groups is 1. The topological polar surface area (TPSA) is 128 Å². The maximum absolute atomic E-state index is 13.7. The number of nitrogens with one attached hydrogen (secondary N) is 3. The first-order valence-electron chi connectivity index (χ1n) is 11.3. The molecule has 1 amide bonds. The Morgan fingerprint density at radius 2 is 1.95 bits per heavy atom. The highest BCUT2D eigenvalue weighted by Crippen LogP contribution is 2.34. The average molecular weight is 514 g/mol. The zero-order valence-corrected chi connectivity index (χ0v) is 20.6. The summed E-state index contributed by atoms with van der Waals surface area (Å²) in [5.74, 6) is 0.411. The van der Waals surface area contributed by atoms with Gasteiger partial charge in [-0.05, 0) is 44.4 Å². The third-order valence-corrected chi connectivity index (χ3v) is 6.60. The highest BCUT2D eigenvalue weighted by atomic mass is 32.1. The lowest BCUT2D eigenvalue weighted by molar-refractivity contribution is -0.116. The third kappa shape index (κ3) is 4.43. The van der Waals surface area contributed by atoms with E-state index < -0.39 is 0 Å². The second-order valence-corrected chi connectivity index (χ2v) is 9.72. The molecule has 3 N–H and O–H groups in total. The highest BCUT2D eigenvalue weighted by Gasteiger charge is 2.17. The van der Waals surface area contributed by atoms with Crippen molar-refractivity contribution in [2.75, 3.05) is 26.0 Å². The molecule has 6 aromatic heterocycles. The van der Waals surface area contributed by atoms with Gasteiger partial charge in [-0.2, -0.15) is 9.49 Å². The first-order valence-corrected chi connectivity index (χ1v) is 12.1. The molecule has 6 aromatic rings. The summed E-state index contributed by atoms with van der Waals surface area (Å²) in [6, 6.07) is 8.80. The van der Waals surface area contributed by atoms with Crippen LogP contribution in [0.15, 0.2) is 55.1 Å². The molecule has 0 radical (unpaired) electrons. The summed E-state index contributed by atoms with van der Waals surface area (Å²) in [5.41, 5.74) is 5.39. The Morgan fingerprint density at radius 3 is 2.76 bits per heavy atom. The number of hydrogen-bond donors (Lipinski definition) is 3. The van der Waals surface area contributed by atoms with Crippen LogP contribution in [-0.4, -0.2) is 66.6 Å². The monoisotopic (exact) mass is 513 g/mol. The molecule has 12 heteroatoms. The van der Waals surface area contributed by atoms with Crippen LogP contribution in [0.25, 0.3) is 55.3 Å². The molecule has 6 rings (SSSR count). The summed E-state index contributed by atoms with van der Waals surface area (Å²) in [6.45, 7) is 0.269. The van der Waals surface area contributed by atoms with Gasteiger partial charge in [-0.3, -0.25) is 14.9 Å². The van der Waals surface area contributed by atoms with Crippen molar-refractivity contribution in [3.05, 3.63) is 60.3 Å². The maximum atomic E-state index is 13.7. The van der Waals surface area contributed by atoms with Gasteiger partial charge < -0.3 is 15.2 Å². The van der Waals surface area contributed by atoms with E-state index >= 15 is 0 Å². The maximum Gasteiger partial charge on any atom is 0.238 e. The number of aromatic amines is 2. The fourth-order valence-corrected chi connectivity index (χ4v) is 4.85. The first-order chi connectivity index (χ1) is 17.9. The lowest BCUT2D eigenvalue weighted by atomic mass is 10.1. The van der Waals surface area contributed by atoms with Gasteiger partial charge in [0.2, 0.25) is 5.91 Å². The van der Waals surface area contributed by atoms with Gasteiger partial charge in [-0.1, -0.05) is 0 Å². The molecule has 0 aromatic carbocycles. The number of likely N-dealkylation sites (N-methyl/N-ethyl adjacent to an activating group) is 1. The van der Waals surface area contributed by atoms with Gasteiger partial charge in [0.1, 0.15) is 5.69 Å². The predicted octanol–water partition coefficient (Wildman–Crippen LogP) is 4.33. The molecule has 6 heterocycles. The third-order valence-electron chi connectivity index (χ3n) is 5.69. The average Bonchev–Trinajstić information content (AvgIpc) is 3.60. The minimum absolute atomic E-state index is 0.127. The molecule has 0 aliphatic carbocycles. The minimum Gasteiger partial charge on any atom is -0.335 e. The van der Waals surface area contributed by atoms with Gasteiger partial charge in [0.15, 0.2) is 22.2 Å². The molecule has 0 aliphatic heterocycles. The molecular formula is C25H20FN9OS. The van der Waals surface area contributed by atoms with Gasteiger partial charge in [0.05, 0.1) is 29.3 Å². The SMILES string of the molecule is CN(C)CC(=O)Nc1cncc(-c2cnc3n[nH]c(-c4nc5nccc(-c6ccc(F)s6)c5[nH]4)c3c2)c1. The number of carbonyl (C=O) groups excluding carboxylic acids is 1. The summed E-state index contributed by atoms with van der Waals surface area (Å²) in [5, 5.41) is 10.7. The molecule has 0 saturated carbocycles. The molecular weight excluding hydrogens is 493 g/mol. The summed E-state index contributed by atoms with van der Waals surface area (Å²) in [6.07, 6.45) is 6.67. The Hall–Kier alpha value is -4.55. The number of halogens is 1. The van der Waals surface area contributed by atoms with Crippen molar-refractivity contribution in [1.82, 2.24) is 40.0 Å². The quantitative estimate of drug-likeness (QED) is 0.302. The van der Waals surface area contributed by atoms with Gasteiger partial charge in [-0.25, -0.2) is 15.0 Å². The number of imidazole rings is 1. The van der Waals surface area contributed by atoms with Gasteiger partial charge in [0.25, 0.3) is 0 Å². The smallest absolute Gasteiger partial charge is 0.238 e. The molecule has 0 unspecified atom stereocenters. The lowest BCUT2D eigenvalue weighted by Crippen LogP contribution is -2.27. The standard InChI is InChI=1S/C25H20FN9OS/c1-35(2)12-20(36)30-15-7-13(9-27-11-15)14-8-17-22(33-34-23(17)29-10-14)25-31-21-16(5-6-28-24(21)32-25)18-3-4-19(26)37-18/h3-11H,12H2,1-2H3,(H,30,36)(H,28,31,32)(H,29,33,34). The highest BCUT2D eigenvalue weighted by molar-refractivity contribution is 7.14. The summed E-state index contributed by atoms with van der Waals surface area (Å²) in [4.78, 5) is 35.9.